The average Bonchev–Trinajstić information content (AvgIpc) is 2.71. The summed E-state index contributed by atoms with van der Waals surface area (Å²) in [7, 11) is -3.40. The zero-order valence-corrected chi connectivity index (χ0v) is 12.0. The number of para-hydroxylation sites is 1. The number of carbonyl (C=O) groups excluding carboxylic acids is 1. The molecule has 8 heteroatoms. The Kier molecular flexibility index (Phi) is 4.01. The van der Waals surface area contributed by atoms with Gasteiger partial charge in [0.05, 0.1) is 17.5 Å². The van der Waals surface area contributed by atoms with Gasteiger partial charge in [-0.15, -0.1) is 0 Å². The molecule has 1 fully saturated rings. The summed E-state index contributed by atoms with van der Waals surface area (Å²) in [5.41, 5.74) is 0.585. The van der Waals surface area contributed by atoms with E-state index in [2.05, 4.69) is 0 Å². The van der Waals surface area contributed by atoms with Crippen molar-refractivity contribution in [2.45, 2.75) is 25.6 Å². The van der Waals surface area contributed by atoms with E-state index in [0.717, 1.165) is 0 Å². The Morgan fingerprint density at radius 2 is 1.90 bits per heavy atom. The number of aryl methyl sites for hydroxylation is 1. The number of benzene rings is 1. The van der Waals surface area contributed by atoms with Crippen LogP contribution < -0.4 is 4.90 Å². The number of amides is 1. The lowest BCUT2D eigenvalue weighted by atomic mass is 10.1. The molecule has 0 aromatic heterocycles. The van der Waals surface area contributed by atoms with Crippen LogP contribution in [-0.2, 0) is 14.6 Å². The predicted molar refractivity (Wildman–Crippen MR) is 71.8 cm³/mol. The maximum atomic E-state index is 12.8. The van der Waals surface area contributed by atoms with Crippen LogP contribution in [0.2, 0.25) is 0 Å². The molecule has 1 amide bonds. The number of rotatable bonds is 2. The lowest BCUT2D eigenvalue weighted by Crippen LogP contribution is -2.48. The molecule has 2 rings (SSSR count). The fourth-order valence-electron chi connectivity index (χ4n) is 2.42. The van der Waals surface area contributed by atoms with Crippen molar-refractivity contribution >= 4 is 21.4 Å². The molecule has 1 heterocycles. The number of nitrogens with zero attached hydrogens (tertiary/aromatic N) is 1. The summed E-state index contributed by atoms with van der Waals surface area (Å²) in [5.74, 6) is -2.67. The van der Waals surface area contributed by atoms with Gasteiger partial charge in [0.2, 0.25) is 0 Å². The Morgan fingerprint density at radius 3 is 2.38 bits per heavy atom. The van der Waals surface area contributed by atoms with Crippen LogP contribution in [0.25, 0.3) is 0 Å². The summed E-state index contributed by atoms with van der Waals surface area (Å²) in [6.45, 7) is 1.58. The normalized spacial score (nSPS) is 21.2. The van der Waals surface area contributed by atoms with Crippen molar-refractivity contribution in [3.8, 4) is 0 Å². The zero-order valence-electron chi connectivity index (χ0n) is 11.2. The maximum Gasteiger partial charge on any atom is 0.471 e. The van der Waals surface area contributed by atoms with Crippen LogP contribution in [0.5, 0.6) is 0 Å². The molecule has 1 aromatic rings. The Bertz CT molecular complexity index is 655. The van der Waals surface area contributed by atoms with Crippen LogP contribution in [-0.4, -0.2) is 38.0 Å². The standard InChI is InChI=1S/C13H14F3NO3S/c1-9-4-2-3-5-11(9)17(12(18)13(14,15)16)10-6-7-21(19,20)8-10/h2-5,10H,6-8H2,1H3. The Morgan fingerprint density at radius 1 is 1.29 bits per heavy atom. The number of halogens is 3. The van der Waals surface area contributed by atoms with Gasteiger partial charge >= 0.3 is 12.1 Å². The molecule has 0 spiro atoms. The molecule has 1 aliphatic heterocycles. The van der Waals surface area contributed by atoms with Gasteiger partial charge in [0.1, 0.15) is 0 Å². The van der Waals surface area contributed by atoms with Gasteiger partial charge in [0.25, 0.3) is 0 Å². The Balaban J connectivity index is 2.46. The smallest absolute Gasteiger partial charge is 0.300 e. The number of anilines is 1. The van der Waals surface area contributed by atoms with Gasteiger partial charge in [-0.2, -0.15) is 13.2 Å². The highest BCUT2D eigenvalue weighted by molar-refractivity contribution is 7.91. The first kappa shape index (κ1) is 15.8. The van der Waals surface area contributed by atoms with E-state index in [1.165, 1.54) is 12.1 Å². The summed E-state index contributed by atoms with van der Waals surface area (Å²) in [6, 6.07) is 5.15. The molecular weight excluding hydrogens is 307 g/mol. The molecule has 0 radical (unpaired) electrons. The van der Waals surface area contributed by atoms with Crippen LogP contribution in [0.3, 0.4) is 0 Å². The number of alkyl halides is 3. The van der Waals surface area contributed by atoms with Crippen LogP contribution in [0.1, 0.15) is 12.0 Å². The summed E-state index contributed by atoms with van der Waals surface area (Å²) >= 11 is 0. The minimum Gasteiger partial charge on any atom is -0.300 e. The number of sulfone groups is 1. The second-order valence-electron chi connectivity index (χ2n) is 5.02. The third kappa shape index (κ3) is 3.37. The van der Waals surface area contributed by atoms with Crippen molar-refractivity contribution in [2.24, 2.45) is 0 Å². The first-order chi connectivity index (χ1) is 9.62. The molecule has 1 atom stereocenters. The van der Waals surface area contributed by atoms with Crippen LogP contribution in [0, 0.1) is 6.92 Å². The number of hydrogen-bond acceptors (Lipinski definition) is 3. The average molecular weight is 321 g/mol. The largest absolute Gasteiger partial charge is 0.471 e. The van der Waals surface area contributed by atoms with Crippen molar-refractivity contribution < 1.29 is 26.4 Å². The van der Waals surface area contributed by atoms with Gasteiger partial charge < -0.3 is 4.90 Å². The van der Waals surface area contributed by atoms with E-state index in [1.807, 2.05) is 0 Å². The van der Waals surface area contributed by atoms with E-state index < -0.39 is 33.7 Å². The van der Waals surface area contributed by atoms with Gasteiger partial charge in [-0.05, 0) is 25.0 Å². The highest BCUT2D eigenvalue weighted by Crippen LogP contribution is 2.31. The highest BCUT2D eigenvalue weighted by atomic mass is 32.2. The Hall–Kier alpha value is -1.57. The first-order valence-electron chi connectivity index (χ1n) is 6.28. The SMILES string of the molecule is Cc1ccccc1N(C(=O)C(F)(F)F)C1CCS(=O)(=O)C1. The number of carbonyl (C=O) groups is 1. The molecule has 0 N–H and O–H groups in total. The van der Waals surface area contributed by atoms with Crippen LogP contribution in [0.15, 0.2) is 24.3 Å². The third-order valence-corrected chi connectivity index (χ3v) is 5.16. The monoisotopic (exact) mass is 321 g/mol. The van der Waals surface area contributed by atoms with E-state index in [4.69, 9.17) is 0 Å². The summed E-state index contributed by atoms with van der Waals surface area (Å²) < 4.78 is 61.5. The minimum atomic E-state index is -5.05. The van der Waals surface area contributed by atoms with Gasteiger partial charge in [-0.25, -0.2) is 8.42 Å². The molecule has 0 saturated carbocycles. The van der Waals surface area contributed by atoms with Crippen LogP contribution >= 0.6 is 0 Å². The summed E-state index contributed by atoms with van der Waals surface area (Å²) in [5, 5.41) is 0. The van der Waals surface area contributed by atoms with Crippen molar-refractivity contribution in [1.29, 1.82) is 0 Å². The minimum absolute atomic E-state index is 0.0124. The van der Waals surface area contributed by atoms with Gasteiger partial charge in [0, 0.05) is 5.69 Å². The van der Waals surface area contributed by atoms with E-state index in [9.17, 15) is 26.4 Å². The van der Waals surface area contributed by atoms with Crippen molar-refractivity contribution in [1.82, 2.24) is 0 Å². The molecule has 0 aliphatic carbocycles. The molecule has 1 unspecified atom stereocenters. The van der Waals surface area contributed by atoms with Gasteiger partial charge in [0.15, 0.2) is 9.84 Å². The molecule has 0 bridgehead atoms. The first-order valence-corrected chi connectivity index (χ1v) is 8.10. The van der Waals surface area contributed by atoms with Crippen LogP contribution in [0.4, 0.5) is 18.9 Å². The maximum absolute atomic E-state index is 12.8. The summed E-state index contributed by atoms with van der Waals surface area (Å²) in [4.78, 5) is 12.3. The van der Waals surface area contributed by atoms with E-state index in [-0.39, 0.29) is 17.9 Å². The fourth-order valence-corrected chi connectivity index (χ4v) is 4.12. The molecule has 1 aliphatic rings. The summed E-state index contributed by atoms with van der Waals surface area (Å²) in [6.07, 6.45) is -5.03. The lowest BCUT2D eigenvalue weighted by molar-refractivity contribution is -0.170. The lowest BCUT2D eigenvalue weighted by Gasteiger charge is -2.30. The topological polar surface area (TPSA) is 54.5 Å². The predicted octanol–water partition coefficient (Wildman–Crippen LogP) is 2.08. The van der Waals surface area contributed by atoms with E-state index >= 15 is 0 Å². The Labute approximate surface area is 120 Å². The second kappa shape index (κ2) is 5.32. The molecule has 4 nitrogen and oxygen atoms in total. The van der Waals surface area contributed by atoms with Gasteiger partial charge in [-0.3, -0.25) is 4.79 Å². The van der Waals surface area contributed by atoms with Gasteiger partial charge in [-0.1, -0.05) is 18.2 Å². The van der Waals surface area contributed by atoms with Crippen molar-refractivity contribution in [2.75, 3.05) is 16.4 Å². The highest BCUT2D eigenvalue weighted by Gasteiger charge is 2.47. The fraction of sp³-hybridized carbons (Fsp3) is 0.462. The molecular formula is C13H14F3NO3S. The van der Waals surface area contributed by atoms with Crippen molar-refractivity contribution in [3.63, 3.8) is 0 Å². The third-order valence-electron chi connectivity index (χ3n) is 3.41. The van der Waals surface area contributed by atoms with E-state index in [1.54, 1.807) is 19.1 Å². The molecule has 116 valence electrons. The second-order valence-corrected chi connectivity index (χ2v) is 7.24. The molecule has 21 heavy (non-hydrogen) atoms. The zero-order chi connectivity index (χ0) is 15.8. The number of hydrogen-bond donors (Lipinski definition) is 0. The van der Waals surface area contributed by atoms with E-state index in [0.29, 0.717) is 10.5 Å². The molecule has 1 aromatic carbocycles. The quantitative estimate of drug-likeness (QED) is 0.838. The molecule has 1 saturated heterocycles. The van der Waals surface area contributed by atoms with Crippen molar-refractivity contribution in [3.05, 3.63) is 29.8 Å².